The van der Waals surface area contributed by atoms with E-state index in [-0.39, 0.29) is 0 Å². The number of hydrogen-bond acceptors (Lipinski definition) is 1. The second kappa shape index (κ2) is 3.46. The molecule has 1 unspecified atom stereocenters. The maximum atomic E-state index is 6.08. The molecule has 0 aliphatic rings. The van der Waals surface area contributed by atoms with Crippen LogP contribution in [-0.4, -0.2) is 7.11 Å². The third-order valence-corrected chi connectivity index (χ3v) is 2.32. The largest absolute Gasteiger partial charge is 0.359 e. The lowest BCUT2D eigenvalue weighted by Gasteiger charge is -2.20. The van der Waals surface area contributed by atoms with Crippen LogP contribution < -0.4 is 0 Å². The first kappa shape index (κ1) is 9.56. The van der Waals surface area contributed by atoms with Crippen LogP contribution in [0.5, 0.6) is 0 Å². The van der Waals surface area contributed by atoms with E-state index in [1.807, 2.05) is 38.1 Å². The molecule has 0 fully saturated rings. The molecule has 0 amide bonds. The van der Waals surface area contributed by atoms with Crippen molar-refractivity contribution in [1.82, 2.24) is 0 Å². The van der Waals surface area contributed by atoms with Crippen molar-refractivity contribution in [2.75, 3.05) is 7.11 Å². The summed E-state index contributed by atoms with van der Waals surface area (Å²) in [5, 5.41) is -0.701. The highest BCUT2D eigenvalue weighted by molar-refractivity contribution is 6.22. The van der Waals surface area contributed by atoms with E-state index >= 15 is 0 Å². The number of methoxy groups -OCH3 is 1. The van der Waals surface area contributed by atoms with E-state index in [1.165, 1.54) is 5.56 Å². The molecular weight excluding hydrogens is 172 g/mol. The van der Waals surface area contributed by atoms with Gasteiger partial charge >= 0.3 is 0 Å². The molecule has 66 valence electrons. The molecule has 1 nitrogen and oxygen atoms in total. The van der Waals surface area contributed by atoms with Gasteiger partial charge in [0.15, 0.2) is 5.06 Å². The molecule has 0 saturated carbocycles. The molecule has 1 rings (SSSR count). The predicted octanol–water partition coefficient (Wildman–Crippen LogP) is 3.05. The van der Waals surface area contributed by atoms with Gasteiger partial charge in [-0.15, -0.1) is 0 Å². The van der Waals surface area contributed by atoms with Crippen molar-refractivity contribution < 1.29 is 4.74 Å². The van der Waals surface area contributed by atoms with Crippen molar-refractivity contribution in [3.8, 4) is 0 Å². The molecule has 0 aliphatic carbocycles. The normalized spacial score (nSPS) is 15.7. The van der Waals surface area contributed by atoms with Crippen LogP contribution in [0.2, 0.25) is 0 Å². The van der Waals surface area contributed by atoms with Gasteiger partial charge in [0.25, 0.3) is 0 Å². The van der Waals surface area contributed by atoms with Crippen molar-refractivity contribution in [3.05, 3.63) is 35.4 Å². The minimum atomic E-state index is -0.701. The molecule has 0 spiro atoms. The molecule has 0 saturated heterocycles. The minimum Gasteiger partial charge on any atom is -0.359 e. The Hall–Kier alpha value is -0.530. The van der Waals surface area contributed by atoms with Gasteiger partial charge in [-0.05, 0) is 19.4 Å². The monoisotopic (exact) mass is 184 g/mol. The van der Waals surface area contributed by atoms with Crippen molar-refractivity contribution >= 4 is 11.6 Å². The smallest absolute Gasteiger partial charge is 0.164 e. The molecular formula is C10H13ClO. The molecule has 0 N–H and O–H groups in total. The van der Waals surface area contributed by atoms with Crippen LogP contribution >= 0.6 is 11.6 Å². The number of hydrogen-bond donors (Lipinski definition) is 0. The van der Waals surface area contributed by atoms with Gasteiger partial charge in [-0.25, -0.2) is 0 Å². The van der Waals surface area contributed by atoms with Crippen molar-refractivity contribution in [2.24, 2.45) is 0 Å². The lowest BCUT2D eigenvalue weighted by molar-refractivity contribution is 0.0785. The predicted molar refractivity (Wildman–Crippen MR) is 51.4 cm³/mol. The van der Waals surface area contributed by atoms with Gasteiger partial charge in [-0.3, -0.25) is 0 Å². The number of benzene rings is 1. The maximum Gasteiger partial charge on any atom is 0.164 e. The average molecular weight is 185 g/mol. The fraction of sp³-hybridized carbons (Fsp3) is 0.400. The zero-order valence-electron chi connectivity index (χ0n) is 7.60. The summed E-state index contributed by atoms with van der Waals surface area (Å²) in [4.78, 5) is 0. The number of ether oxygens (including phenoxy) is 1. The van der Waals surface area contributed by atoms with Crippen LogP contribution in [0.15, 0.2) is 24.3 Å². The number of alkyl halides is 1. The summed E-state index contributed by atoms with van der Waals surface area (Å²) in [6, 6.07) is 8.00. The van der Waals surface area contributed by atoms with E-state index in [2.05, 4.69) is 0 Å². The first-order valence-corrected chi connectivity index (χ1v) is 4.25. The van der Waals surface area contributed by atoms with Crippen LogP contribution in [0, 0.1) is 6.92 Å². The third kappa shape index (κ3) is 1.99. The Kier molecular flexibility index (Phi) is 2.76. The van der Waals surface area contributed by atoms with Crippen LogP contribution in [0.25, 0.3) is 0 Å². The SMILES string of the molecule is COC(C)(Cl)c1ccc(C)cc1. The van der Waals surface area contributed by atoms with E-state index in [4.69, 9.17) is 16.3 Å². The summed E-state index contributed by atoms with van der Waals surface area (Å²) in [6.07, 6.45) is 0. The Labute approximate surface area is 78.3 Å². The highest BCUT2D eigenvalue weighted by atomic mass is 35.5. The van der Waals surface area contributed by atoms with E-state index in [1.54, 1.807) is 7.11 Å². The lowest BCUT2D eigenvalue weighted by atomic mass is 10.1. The quantitative estimate of drug-likeness (QED) is 0.642. The fourth-order valence-electron chi connectivity index (χ4n) is 0.969. The molecule has 1 aromatic carbocycles. The molecule has 2 heteroatoms. The Balaban J connectivity index is 2.96. The van der Waals surface area contributed by atoms with Crippen molar-refractivity contribution in [2.45, 2.75) is 18.9 Å². The van der Waals surface area contributed by atoms with E-state index in [0.29, 0.717) is 0 Å². The van der Waals surface area contributed by atoms with Crippen LogP contribution in [0.3, 0.4) is 0 Å². The topological polar surface area (TPSA) is 9.23 Å². The summed E-state index contributed by atoms with van der Waals surface area (Å²) >= 11 is 6.08. The minimum absolute atomic E-state index is 0.701. The second-order valence-electron chi connectivity index (χ2n) is 2.99. The molecule has 1 aromatic rings. The molecule has 0 radical (unpaired) electrons. The first-order valence-electron chi connectivity index (χ1n) is 3.87. The number of halogens is 1. The van der Waals surface area contributed by atoms with Gasteiger partial charge in [0.2, 0.25) is 0 Å². The molecule has 0 aromatic heterocycles. The summed E-state index contributed by atoms with van der Waals surface area (Å²) in [6.45, 7) is 3.88. The second-order valence-corrected chi connectivity index (χ2v) is 3.71. The summed E-state index contributed by atoms with van der Waals surface area (Å²) in [7, 11) is 1.60. The Bertz CT molecular complexity index is 251. The van der Waals surface area contributed by atoms with E-state index in [9.17, 15) is 0 Å². The number of aryl methyl sites for hydroxylation is 1. The molecule has 12 heavy (non-hydrogen) atoms. The van der Waals surface area contributed by atoms with E-state index < -0.39 is 5.06 Å². The zero-order chi connectivity index (χ0) is 9.19. The Morgan fingerprint density at radius 1 is 1.25 bits per heavy atom. The van der Waals surface area contributed by atoms with Crippen molar-refractivity contribution in [1.29, 1.82) is 0 Å². The highest BCUT2D eigenvalue weighted by Gasteiger charge is 2.21. The van der Waals surface area contributed by atoms with Crippen molar-refractivity contribution in [3.63, 3.8) is 0 Å². The number of rotatable bonds is 2. The Morgan fingerprint density at radius 3 is 2.17 bits per heavy atom. The lowest BCUT2D eigenvalue weighted by Crippen LogP contribution is -2.15. The van der Waals surface area contributed by atoms with Gasteiger partial charge in [0, 0.05) is 7.11 Å². The van der Waals surface area contributed by atoms with Crippen LogP contribution in [0.1, 0.15) is 18.1 Å². The first-order chi connectivity index (χ1) is 5.56. The van der Waals surface area contributed by atoms with Gasteiger partial charge in [0.05, 0.1) is 0 Å². The molecule has 1 atom stereocenters. The van der Waals surface area contributed by atoms with Gasteiger partial charge < -0.3 is 4.74 Å². The molecule has 0 heterocycles. The summed E-state index contributed by atoms with van der Waals surface area (Å²) < 4.78 is 5.13. The molecule has 0 bridgehead atoms. The van der Waals surface area contributed by atoms with E-state index in [0.717, 1.165) is 5.56 Å². The van der Waals surface area contributed by atoms with Gasteiger partial charge in [-0.2, -0.15) is 0 Å². The standard InChI is InChI=1S/C10H13ClO/c1-8-4-6-9(7-5-8)10(2,11)12-3/h4-7H,1-3H3. The Morgan fingerprint density at radius 2 is 1.75 bits per heavy atom. The fourth-order valence-corrected chi connectivity index (χ4v) is 1.10. The summed E-state index contributed by atoms with van der Waals surface area (Å²) in [5.41, 5.74) is 2.21. The zero-order valence-corrected chi connectivity index (χ0v) is 8.35. The van der Waals surface area contributed by atoms with Gasteiger partial charge in [0.1, 0.15) is 0 Å². The van der Waals surface area contributed by atoms with Crippen LogP contribution in [0.4, 0.5) is 0 Å². The third-order valence-electron chi connectivity index (χ3n) is 1.95. The highest BCUT2D eigenvalue weighted by Crippen LogP contribution is 2.28. The molecule has 0 aliphatic heterocycles. The van der Waals surface area contributed by atoms with Crippen LogP contribution in [-0.2, 0) is 9.80 Å². The average Bonchev–Trinajstić information content (AvgIpc) is 2.05. The maximum absolute atomic E-state index is 6.08. The summed E-state index contributed by atoms with van der Waals surface area (Å²) in [5.74, 6) is 0. The van der Waals surface area contributed by atoms with Gasteiger partial charge in [-0.1, -0.05) is 41.4 Å².